The number of hydrogen-bond acceptors (Lipinski definition) is 2. The first-order chi connectivity index (χ1) is 6.66. The van der Waals surface area contributed by atoms with Gasteiger partial charge in [-0.05, 0) is 18.8 Å². The topological polar surface area (TPSA) is 43.8 Å². The van der Waals surface area contributed by atoms with Gasteiger partial charge in [0.25, 0.3) is 0 Å². The second-order valence-corrected chi connectivity index (χ2v) is 4.57. The number of nitrogens with zero attached hydrogens (tertiary/aromatic N) is 2. The van der Waals surface area contributed by atoms with Gasteiger partial charge in [0.2, 0.25) is 0 Å². The summed E-state index contributed by atoms with van der Waals surface area (Å²) in [6.07, 6.45) is 5.22. The van der Waals surface area contributed by atoms with Crippen molar-refractivity contribution in [3.8, 4) is 0 Å². The lowest BCUT2D eigenvalue weighted by Crippen LogP contribution is -2.11. The van der Waals surface area contributed by atoms with Crippen molar-refractivity contribution < 1.29 is 0 Å². The molecule has 0 aromatic carbocycles. The molecule has 3 nitrogen and oxygen atoms in total. The predicted molar refractivity (Wildman–Crippen MR) is 58.0 cm³/mol. The molecule has 0 spiro atoms. The molecule has 3 heteroatoms. The van der Waals surface area contributed by atoms with E-state index in [0.717, 1.165) is 11.7 Å². The van der Waals surface area contributed by atoms with Crippen molar-refractivity contribution in [3.63, 3.8) is 0 Å². The van der Waals surface area contributed by atoms with Crippen molar-refractivity contribution >= 4 is 5.82 Å². The number of aromatic nitrogens is 2. The van der Waals surface area contributed by atoms with Crippen LogP contribution >= 0.6 is 0 Å². The zero-order valence-electron chi connectivity index (χ0n) is 9.03. The number of rotatable bonds is 1. The van der Waals surface area contributed by atoms with Gasteiger partial charge in [0, 0.05) is 19.0 Å². The van der Waals surface area contributed by atoms with Crippen LogP contribution in [0.3, 0.4) is 0 Å². The van der Waals surface area contributed by atoms with Crippen LogP contribution in [-0.4, -0.2) is 9.78 Å². The second-order valence-electron chi connectivity index (χ2n) is 4.57. The molecule has 1 aromatic heterocycles. The van der Waals surface area contributed by atoms with Crippen molar-refractivity contribution in [2.24, 2.45) is 13.0 Å². The van der Waals surface area contributed by atoms with E-state index in [2.05, 4.69) is 12.0 Å². The Morgan fingerprint density at radius 1 is 1.36 bits per heavy atom. The summed E-state index contributed by atoms with van der Waals surface area (Å²) in [6, 6.07) is 2.03. The average Bonchev–Trinajstić information content (AvgIpc) is 2.48. The fourth-order valence-corrected chi connectivity index (χ4v) is 2.26. The van der Waals surface area contributed by atoms with Crippen LogP contribution in [0.1, 0.15) is 44.2 Å². The molecule has 1 saturated carbocycles. The first-order valence-corrected chi connectivity index (χ1v) is 5.46. The van der Waals surface area contributed by atoms with Crippen molar-refractivity contribution in [3.05, 3.63) is 11.8 Å². The SMILES string of the molecule is CC1CCC(c2cc(N)n(C)n2)CC1. The summed E-state index contributed by atoms with van der Waals surface area (Å²) in [5.74, 6) is 2.32. The highest BCUT2D eigenvalue weighted by Gasteiger charge is 2.21. The number of hydrogen-bond donors (Lipinski definition) is 1. The summed E-state index contributed by atoms with van der Waals surface area (Å²) in [5, 5.41) is 4.45. The van der Waals surface area contributed by atoms with Crippen LogP contribution < -0.4 is 5.73 Å². The van der Waals surface area contributed by atoms with Crippen LogP contribution in [0.5, 0.6) is 0 Å². The number of anilines is 1. The minimum atomic E-state index is 0.648. The van der Waals surface area contributed by atoms with Crippen molar-refractivity contribution in [2.75, 3.05) is 5.73 Å². The monoisotopic (exact) mass is 193 g/mol. The molecule has 0 unspecified atom stereocenters. The van der Waals surface area contributed by atoms with Crippen molar-refractivity contribution in [2.45, 2.75) is 38.5 Å². The normalized spacial score (nSPS) is 27.9. The van der Waals surface area contributed by atoms with Gasteiger partial charge in [-0.2, -0.15) is 5.10 Å². The molecular formula is C11H19N3. The third kappa shape index (κ3) is 1.76. The summed E-state index contributed by atoms with van der Waals surface area (Å²) < 4.78 is 1.77. The van der Waals surface area contributed by atoms with Gasteiger partial charge in [0.15, 0.2) is 0 Å². The van der Waals surface area contributed by atoms with Crippen LogP contribution in [-0.2, 0) is 7.05 Å². The Labute approximate surface area is 85.3 Å². The Hall–Kier alpha value is -0.990. The van der Waals surface area contributed by atoms with E-state index in [0.29, 0.717) is 5.92 Å². The van der Waals surface area contributed by atoms with Gasteiger partial charge >= 0.3 is 0 Å². The first kappa shape index (κ1) is 9.56. The van der Waals surface area contributed by atoms with Crippen molar-refractivity contribution in [1.82, 2.24) is 9.78 Å². The fourth-order valence-electron chi connectivity index (χ4n) is 2.26. The molecular weight excluding hydrogens is 174 g/mol. The summed E-state index contributed by atoms with van der Waals surface area (Å²) >= 11 is 0. The Bertz CT molecular complexity index is 289. The molecule has 2 N–H and O–H groups in total. The molecule has 1 aliphatic rings. The van der Waals surface area contributed by atoms with Crippen LogP contribution in [0.2, 0.25) is 0 Å². The zero-order valence-corrected chi connectivity index (χ0v) is 9.03. The van der Waals surface area contributed by atoms with E-state index in [9.17, 15) is 0 Å². The minimum Gasteiger partial charge on any atom is -0.384 e. The summed E-state index contributed by atoms with van der Waals surface area (Å²) in [6.45, 7) is 2.34. The van der Waals surface area contributed by atoms with Gasteiger partial charge in [0.1, 0.15) is 5.82 Å². The Kier molecular flexibility index (Phi) is 2.48. The largest absolute Gasteiger partial charge is 0.384 e. The highest BCUT2D eigenvalue weighted by molar-refractivity contribution is 5.32. The standard InChI is InChI=1S/C11H19N3/c1-8-3-5-9(6-4-8)10-7-11(12)14(2)13-10/h7-9H,3-6,12H2,1-2H3. The molecule has 14 heavy (non-hydrogen) atoms. The summed E-state index contributed by atoms with van der Waals surface area (Å²) in [7, 11) is 1.91. The van der Waals surface area contributed by atoms with Gasteiger partial charge in [0.05, 0.1) is 5.69 Å². The molecule has 2 rings (SSSR count). The fraction of sp³-hybridized carbons (Fsp3) is 0.727. The quantitative estimate of drug-likeness (QED) is 0.743. The second kappa shape index (κ2) is 3.64. The molecule has 0 saturated heterocycles. The maximum Gasteiger partial charge on any atom is 0.121 e. The van der Waals surface area contributed by atoms with Crippen LogP contribution in [0.25, 0.3) is 0 Å². The van der Waals surface area contributed by atoms with Crippen LogP contribution in [0.4, 0.5) is 5.82 Å². The van der Waals surface area contributed by atoms with E-state index in [1.807, 2.05) is 13.1 Å². The van der Waals surface area contributed by atoms with E-state index in [1.54, 1.807) is 4.68 Å². The predicted octanol–water partition coefficient (Wildman–Crippen LogP) is 2.30. The molecule has 0 atom stereocenters. The minimum absolute atomic E-state index is 0.648. The van der Waals surface area contributed by atoms with Gasteiger partial charge in [-0.3, -0.25) is 4.68 Å². The lowest BCUT2D eigenvalue weighted by atomic mass is 9.81. The molecule has 0 amide bonds. The van der Waals surface area contributed by atoms with E-state index in [1.165, 1.54) is 31.4 Å². The number of nitrogens with two attached hydrogens (primary N) is 1. The molecule has 1 aromatic rings. The summed E-state index contributed by atoms with van der Waals surface area (Å²) in [4.78, 5) is 0. The molecule has 1 fully saturated rings. The van der Waals surface area contributed by atoms with Crippen LogP contribution in [0, 0.1) is 5.92 Å². The zero-order chi connectivity index (χ0) is 10.1. The number of aryl methyl sites for hydroxylation is 1. The Balaban J connectivity index is 2.08. The smallest absolute Gasteiger partial charge is 0.121 e. The maximum atomic E-state index is 5.78. The van der Waals surface area contributed by atoms with Crippen LogP contribution in [0.15, 0.2) is 6.07 Å². The third-order valence-electron chi connectivity index (χ3n) is 3.37. The molecule has 0 bridgehead atoms. The maximum absolute atomic E-state index is 5.78. The summed E-state index contributed by atoms with van der Waals surface area (Å²) in [5.41, 5.74) is 6.97. The lowest BCUT2D eigenvalue weighted by molar-refractivity contribution is 0.343. The van der Waals surface area contributed by atoms with E-state index in [4.69, 9.17) is 5.73 Å². The van der Waals surface area contributed by atoms with E-state index < -0.39 is 0 Å². The lowest BCUT2D eigenvalue weighted by Gasteiger charge is -2.24. The van der Waals surface area contributed by atoms with E-state index in [-0.39, 0.29) is 0 Å². The van der Waals surface area contributed by atoms with Gasteiger partial charge in [-0.1, -0.05) is 19.8 Å². The average molecular weight is 193 g/mol. The molecule has 78 valence electrons. The molecule has 0 radical (unpaired) electrons. The first-order valence-electron chi connectivity index (χ1n) is 5.46. The third-order valence-corrected chi connectivity index (χ3v) is 3.37. The highest BCUT2D eigenvalue weighted by atomic mass is 15.3. The molecule has 0 aliphatic heterocycles. The number of nitrogen functional groups attached to an aromatic ring is 1. The van der Waals surface area contributed by atoms with Crippen molar-refractivity contribution in [1.29, 1.82) is 0 Å². The highest BCUT2D eigenvalue weighted by Crippen LogP contribution is 2.35. The van der Waals surface area contributed by atoms with Gasteiger partial charge < -0.3 is 5.73 Å². The molecule has 1 heterocycles. The Morgan fingerprint density at radius 3 is 2.50 bits per heavy atom. The van der Waals surface area contributed by atoms with E-state index >= 15 is 0 Å². The van der Waals surface area contributed by atoms with Gasteiger partial charge in [-0.15, -0.1) is 0 Å². The molecule has 1 aliphatic carbocycles. The Morgan fingerprint density at radius 2 is 2.00 bits per heavy atom. The van der Waals surface area contributed by atoms with Gasteiger partial charge in [-0.25, -0.2) is 0 Å².